The van der Waals surface area contributed by atoms with Gasteiger partial charge in [0, 0.05) is 0 Å². The molecule has 0 aliphatic heterocycles. The number of hydrogen-bond donors (Lipinski definition) is 1. The normalized spacial score (nSPS) is 36.9. The number of rotatable bonds is 4. The number of hydrogen-bond acceptors (Lipinski definition) is 3. The second kappa shape index (κ2) is 5.58. The van der Waals surface area contributed by atoms with Crippen LogP contribution >= 0.6 is 0 Å². The fourth-order valence-corrected chi connectivity index (χ4v) is 6.18. The molecule has 5 atom stereocenters. The van der Waals surface area contributed by atoms with Crippen molar-refractivity contribution in [3.8, 4) is 0 Å². The Morgan fingerprint density at radius 2 is 1.72 bits per heavy atom. The first-order valence-corrected chi connectivity index (χ1v) is 9.41. The summed E-state index contributed by atoms with van der Waals surface area (Å²) in [5, 5.41) is 13.8. The molecular formula is C21H26NO3-. The van der Waals surface area contributed by atoms with Gasteiger partial charge in [0.2, 0.25) is 5.91 Å². The van der Waals surface area contributed by atoms with Gasteiger partial charge in [0.1, 0.15) is 0 Å². The molecule has 4 heteroatoms. The first-order chi connectivity index (χ1) is 11.8. The molecule has 0 heterocycles. The topological polar surface area (TPSA) is 69.2 Å². The van der Waals surface area contributed by atoms with E-state index in [0.717, 1.165) is 32.1 Å². The van der Waals surface area contributed by atoms with E-state index in [-0.39, 0.29) is 11.3 Å². The van der Waals surface area contributed by atoms with Crippen molar-refractivity contribution in [3.63, 3.8) is 0 Å². The zero-order valence-corrected chi connectivity index (χ0v) is 15.0. The van der Waals surface area contributed by atoms with Crippen LogP contribution in [0.2, 0.25) is 0 Å². The lowest BCUT2D eigenvalue weighted by molar-refractivity contribution is -0.307. The minimum absolute atomic E-state index is 0.0743. The van der Waals surface area contributed by atoms with E-state index in [4.69, 9.17) is 0 Å². The summed E-state index contributed by atoms with van der Waals surface area (Å²) in [4.78, 5) is 24.1. The summed E-state index contributed by atoms with van der Waals surface area (Å²) in [5.74, 6) is -0.140. The average molecular weight is 340 g/mol. The van der Waals surface area contributed by atoms with E-state index in [1.807, 2.05) is 0 Å². The Labute approximate surface area is 149 Å². The summed E-state index contributed by atoms with van der Waals surface area (Å²) < 4.78 is 0. The predicted molar refractivity (Wildman–Crippen MR) is 92.6 cm³/mol. The number of carboxylic acid groups (broad SMARTS) is 1. The Kier molecular flexibility index (Phi) is 3.71. The lowest BCUT2D eigenvalue weighted by Gasteiger charge is -2.61. The van der Waals surface area contributed by atoms with Gasteiger partial charge in [-0.05, 0) is 75.2 Å². The number of aliphatic carboxylic acids is 1. The van der Waals surface area contributed by atoms with Crippen molar-refractivity contribution in [1.29, 1.82) is 0 Å². The summed E-state index contributed by atoms with van der Waals surface area (Å²) in [6.07, 6.45) is 6.21. The molecule has 4 aliphatic rings. The van der Waals surface area contributed by atoms with Crippen LogP contribution in [0.3, 0.4) is 0 Å². The first kappa shape index (κ1) is 16.6. The quantitative estimate of drug-likeness (QED) is 0.912. The van der Waals surface area contributed by atoms with Gasteiger partial charge in [-0.1, -0.05) is 29.8 Å². The molecule has 4 fully saturated rings. The molecule has 1 aromatic carbocycles. The van der Waals surface area contributed by atoms with Gasteiger partial charge >= 0.3 is 0 Å². The molecule has 1 aromatic rings. The van der Waals surface area contributed by atoms with Crippen LogP contribution in [0.1, 0.15) is 56.6 Å². The predicted octanol–water partition coefficient (Wildman–Crippen LogP) is 2.09. The van der Waals surface area contributed by atoms with Crippen molar-refractivity contribution in [3.05, 3.63) is 35.4 Å². The van der Waals surface area contributed by atoms with Gasteiger partial charge in [-0.2, -0.15) is 0 Å². The van der Waals surface area contributed by atoms with E-state index < -0.39 is 17.4 Å². The van der Waals surface area contributed by atoms with Crippen molar-refractivity contribution in [2.24, 2.45) is 17.3 Å². The summed E-state index contributed by atoms with van der Waals surface area (Å²) in [6, 6.07) is 7.86. The zero-order chi connectivity index (χ0) is 17.8. The maximum atomic E-state index is 13.0. The lowest BCUT2D eigenvalue weighted by atomic mass is 9.42. The Bertz CT molecular complexity index is 694. The van der Waals surface area contributed by atoms with Gasteiger partial charge in [0.15, 0.2) is 0 Å². The van der Waals surface area contributed by atoms with Crippen molar-refractivity contribution in [2.75, 3.05) is 0 Å². The number of carbonyl (C=O) groups is 2. The minimum Gasteiger partial charge on any atom is -0.548 e. The van der Waals surface area contributed by atoms with E-state index in [1.165, 1.54) is 24.5 Å². The number of nitrogens with one attached hydrogen (secondary N) is 1. The van der Waals surface area contributed by atoms with Gasteiger partial charge in [-0.25, -0.2) is 0 Å². The number of carbonyl (C=O) groups excluding carboxylic acids is 2. The summed E-state index contributed by atoms with van der Waals surface area (Å²) >= 11 is 0. The van der Waals surface area contributed by atoms with E-state index in [2.05, 4.69) is 36.5 Å². The zero-order valence-electron chi connectivity index (χ0n) is 15.0. The van der Waals surface area contributed by atoms with E-state index in [0.29, 0.717) is 11.8 Å². The van der Waals surface area contributed by atoms with Crippen molar-refractivity contribution in [2.45, 2.75) is 63.8 Å². The van der Waals surface area contributed by atoms with E-state index in [9.17, 15) is 14.7 Å². The SMILES string of the molecule is Cc1ccc(C23C[C@@H]4C[C@@H](CC(C(=O)N[C@@H](C)C(=O)[O-])(C4)C2)C3)cc1. The molecule has 134 valence electrons. The summed E-state index contributed by atoms with van der Waals surface area (Å²) in [7, 11) is 0. The van der Waals surface area contributed by atoms with Crippen molar-refractivity contribution in [1.82, 2.24) is 5.32 Å². The standard InChI is InChI=1S/C21H27NO3/c1-13-3-5-17(6-4-13)20-8-15-7-16(9-20)11-21(10-15,12-20)19(25)22-14(2)18(23)24/h3-6,14-16H,7-12H2,1-2H3,(H,22,25)(H,23,24)/p-1/t14-,15-,16+,20?,21?/m0/s1. The molecule has 4 saturated carbocycles. The second-order valence-corrected chi connectivity index (χ2v) is 8.90. The molecule has 0 spiro atoms. The van der Waals surface area contributed by atoms with Crippen molar-refractivity contribution < 1.29 is 14.7 Å². The van der Waals surface area contributed by atoms with Crippen LogP contribution in [0.5, 0.6) is 0 Å². The average Bonchev–Trinajstić information content (AvgIpc) is 2.53. The highest BCUT2D eigenvalue weighted by atomic mass is 16.4. The Balaban J connectivity index is 1.66. The Morgan fingerprint density at radius 3 is 2.28 bits per heavy atom. The summed E-state index contributed by atoms with van der Waals surface area (Å²) in [6.45, 7) is 3.59. The number of carboxylic acids is 1. The van der Waals surface area contributed by atoms with Gasteiger partial charge in [-0.15, -0.1) is 0 Å². The number of aryl methyl sites for hydroxylation is 1. The highest BCUT2D eigenvalue weighted by Crippen LogP contribution is 2.65. The van der Waals surface area contributed by atoms with Gasteiger partial charge in [-0.3, -0.25) is 4.79 Å². The molecule has 4 bridgehead atoms. The highest BCUT2D eigenvalue weighted by Gasteiger charge is 2.60. The third kappa shape index (κ3) is 2.66. The fraction of sp³-hybridized carbons (Fsp3) is 0.619. The minimum atomic E-state index is -1.22. The van der Waals surface area contributed by atoms with Crippen LogP contribution in [0.15, 0.2) is 24.3 Å². The highest BCUT2D eigenvalue weighted by molar-refractivity contribution is 5.87. The molecule has 0 radical (unpaired) electrons. The van der Waals surface area contributed by atoms with Gasteiger partial charge in [0.25, 0.3) is 0 Å². The van der Waals surface area contributed by atoms with E-state index >= 15 is 0 Å². The maximum absolute atomic E-state index is 13.0. The third-order valence-corrected chi connectivity index (χ3v) is 6.91. The monoisotopic (exact) mass is 340 g/mol. The molecule has 0 saturated heterocycles. The molecule has 1 N–H and O–H groups in total. The number of benzene rings is 1. The van der Waals surface area contributed by atoms with Gasteiger partial charge in [0.05, 0.1) is 17.4 Å². The number of amides is 1. The van der Waals surface area contributed by atoms with Crippen LogP contribution in [-0.4, -0.2) is 17.9 Å². The molecule has 2 unspecified atom stereocenters. The van der Waals surface area contributed by atoms with Crippen LogP contribution in [0.25, 0.3) is 0 Å². The summed E-state index contributed by atoms with van der Waals surface area (Å²) in [5.41, 5.74) is 2.29. The van der Waals surface area contributed by atoms with Crippen LogP contribution in [-0.2, 0) is 15.0 Å². The molecular weight excluding hydrogens is 314 g/mol. The molecule has 25 heavy (non-hydrogen) atoms. The molecule has 4 nitrogen and oxygen atoms in total. The second-order valence-electron chi connectivity index (χ2n) is 8.90. The van der Waals surface area contributed by atoms with Crippen molar-refractivity contribution >= 4 is 11.9 Å². The maximum Gasteiger partial charge on any atom is 0.226 e. The van der Waals surface area contributed by atoms with Crippen LogP contribution < -0.4 is 10.4 Å². The lowest BCUT2D eigenvalue weighted by Crippen LogP contribution is -2.61. The molecule has 4 aliphatic carbocycles. The first-order valence-electron chi connectivity index (χ1n) is 9.41. The van der Waals surface area contributed by atoms with Crippen LogP contribution in [0.4, 0.5) is 0 Å². The fourth-order valence-electron chi connectivity index (χ4n) is 6.18. The van der Waals surface area contributed by atoms with Gasteiger partial charge < -0.3 is 15.2 Å². The molecule has 1 amide bonds. The largest absolute Gasteiger partial charge is 0.548 e. The van der Waals surface area contributed by atoms with E-state index in [1.54, 1.807) is 0 Å². The van der Waals surface area contributed by atoms with Crippen LogP contribution in [0, 0.1) is 24.2 Å². The third-order valence-electron chi connectivity index (χ3n) is 6.91. The molecule has 0 aromatic heterocycles. The molecule has 5 rings (SSSR count). The Hall–Kier alpha value is -1.84. The smallest absolute Gasteiger partial charge is 0.226 e. The Morgan fingerprint density at radius 1 is 1.12 bits per heavy atom.